The monoisotopic (exact) mass is 578 g/mol. The minimum absolute atomic E-state index is 0. The second-order valence-electron chi connectivity index (χ2n) is 11.8. The van der Waals surface area contributed by atoms with E-state index in [2.05, 4.69) is 115 Å². The number of halogens is 1. The summed E-state index contributed by atoms with van der Waals surface area (Å²) < 4.78 is 1.18. The van der Waals surface area contributed by atoms with Gasteiger partial charge in [0.25, 0.3) is 0 Å². The molecule has 0 aliphatic carbocycles. The lowest BCUT2D eigenvalue weighted by atomic mass is 10.0. The van der Waals surface area contributed by atoms with Gasteiger partial charge in [0.15, 0.2) is 0 Å². The maximum absolute atomic E-state index is 2.67. The molecule has 0 bridgehead atoms. The number of unbranched alkanes of at least 4 members (excludes halogenated alkanes) is 1. The van der Waals surface area contributed by atoms with E-state index in [0.29, 0.717) is 0 Å². The topological polar surface area (TPSA) is 3.24 Å². The van der Waals surface area contributed by atoms with Gasteiger partial charge in [0.1, 0.15) is 6.54 Å². The maximum atomic E-state index is 2.67. The van der Waals surface area contributed by atoms with Crippen LogP contribution in [0.2, 0.25) is 0 Å². The van der Waals surface area contributed by atoms with Crippen LogP contribution in [0, 0.1) is 41.5 Å². The van der Waals surface area contributed by atoms with Crippen LogP contribution in [0.3, 0.4) is 0 Å². The van der Waals surface area contributed by atoms with E-state index in [4.69, 9.17) is 0 Å². The fraction of sp³-hybridized carbons (Fsp3) is 0.486. The number of nitrogens with zero attached hydrogens (tertiary/aromatic N) is 2. The van der Waals surface area contributed by atoms with Crippen LogP contribution >= 0.6 is 0 Å². The fourth-order valence-electron chi connectivity index (χ4n) is 6.22. The SMILES string of the molecule is CC[N+](CC)(CCCCN(Cc1cc(C)cc(C)c1)Cc1cc(C)cc(C)c1)Cc1cc(C)cc(C)c1.[Br-]. The molecule has 2 nitrogen and oxygen atoms in total. The second kappa shape index (κ2) is 15.0. The summed E-state index contributed by atoms with van der Waals surface area (Å²) in [5.74, 6) is 0. The molecular formula is C35H51BrN2. The lowest BCUT2D eigenvalue weighted by Crippen LogP contribution is -3.00. The summed E-state index contributed by atoms with van der Waals surface area (Å²) in [6, 6.07) is 21.1. The zero-order valence-electron chi connectivity index (χ0n) is 25.3. The zero-order valence-corrected chi connectivity index (χ0v) is 26.9. The largest absolute Gasteiger partial charge is 1.00 e. The number of rotatable bonds is 13. The highest BCUT2D eigenvalue weighted by molar-refractivity contribution is 5.30. The number of hydrogen-bond acceptors (Lipinski definition) is 1. The van der Waals surface area contributed by atoms with Crippen molar-refractivity contribution in [2.75, 3.05) is 26.2 Å². The van der Waals surface area contributed by atoms with Gasteiger partial charge in [-0.1, -0.05) is 88.0 Å². The molecule has 3 heteroatoms. The van der Waals surface area contributed by atoms with Crippen LogP contribution in [-0.2, 0) is 19.6 Å². The molecule has 0 N–H and O–H groups in total. The Morgan fingerprint density at radius 3 is 1.26 bits per heavy atom. The lowest BCUT2D eigenvalue weighted by Gasteiger charge is -2.37. The predicted molar refractivity (Wildman–Crippen MR) is 161 cm³/mol. The second-order valence-corrected chi connectivity index (χ2v) is 11.8. The van der Waals surface area contributed by atoms with Crippen molar-refractivity contribution in [1.29, 1.82) is 0 Å². The highest BCUT2D eigenvalue weighted by Crippen LogP contribution is 2.20. The van der Waals surface area contributed by atoms with Gasteiger partial charge in [-0.25, -0.2) is 0 Å². The predicted octanol–water partition coefficient (Wildman–Crippen LogP) is 5.38. The maximum Gasteiger partial charge on any atom is 0.104 e. The summed E-state index contributed by atoms with van der Waals surface area (Å²) >= 11 is 0. The first-order valence-corrected chi connectivity index (χ1v) is 14.4. The van der Waals surface area contributed by atoms with Crippen LogP contribution in [0.15, 0.2) is 54.6 Å². The molecule has 0 radical (unpaired) electrons. The minimum atomic E-state index is 0. The van der Waals surface area contributed by atoms with E-state index in [1.807, 2.05) is 0 Å². The molecule has 0 aromatic heterocycles. The van der Waals surface area contributed by atoms with Crippen molar-refractivity contribution in [2.45, 2.75) is 87.9 Å². The summed E-state index contributed by atoms with van der Waals surface area (Å²) in [6.45, 7) is 26.0. The van der Waals surface area contributed by atoms with Gasteiger partial charge in [-0.2, -0.15) is 0 Å². The Hall–Kier alpha value is -1.94. The van der Waals surface area contributed by atoms with Gasteiger partial charge in [-0.3, -0.25) is 4.90 Å². The van der Waals surface area contributed by atoms with E-state index in [0.717, 1.165) is 26.2 Å². The molecule has 0 saturated carbocycles. The van der Waals surface area contributed by atoms with E-state index >= 15 is 0 Å². The molecule has 0 unspecified atom stereocenters. The van der Waals surface area contributed by atoms with Crippen LogP contribution in [0.4, 0.5) is 0 Å². The first-order chi connectivity index (χ1) is 17.6. The Balaban J connectivity index is 0.00000507. The highest BCUT2D eigenvalue weighted by Gasteiger charge is 2.23. The molecule has 0 fully saturated rings. The van der Waals surface area contributed by atoms with Crippen molar-refractivity contribution in [2.24, 2.45) is 0 Å². The molecule has 0 amide bonds. The molecule has 208 valence electrons. The molecule has 0 aliphatic heterocycles. The number of benzene rings is 3. The van der Waals surface area contributed by atoms with Crippen LogP contribution in [-0.4, -0.2) is 35.6 Å². The third-order valence-electron chi connectivity index (χ3n) is 7.87. The standard InChI is InChI=1S/C35H51N2.BrH/c1-9-37(10-2,26-35-22-31(7)17-32(8)23-35)14-12-11-13-36(24-33-18-27(3)15-28(4)19-33)25-34-20-29(5)16-30(6)21-34;/h15-23H,9-14,24-26H2,1-8H3;1H/q+1;/p-1. The summed E-state index contributed by atoms with van der Waals surface area (Å²) in [6.07, 6.45) is 2.51. The third kappa shape index (κ3) is 9.98. The van der Waals surface area contributed by atoms with Crippen LogP contribution in [0.5, 0.6) is 0 Å². The number of quaternary nitrogens is 1. The normalized spacial score (nSPS) is 11.6. The Labute approximate surface area is 244 Å². The van der Waals surface area contributed by atoms with Gasteiger partial charge in [0.2, 0.25) is 0 Å². The van der Waals surface area contributed by atoms with Crippen molar-refractivity contribution in [3.05, 3.63) is 105 Å². The fourth-order valence-corrected chi connectivity index (χ4v) is 6.22. The van der Waals surface area contributed by atoms with Gasteiger partial charge in [0.05, 0.1) is 19.6 Å². The quantitative estimate of drug-likeness (QED) is 0.194. The van der Waals surface area contributed by atoms with Gasteiger partial charge in [0, 0.05) is 18.7 Å². The van der Waals surface area contributed by atoms with Crippen molar-refractivity contribution in [3.8, 4) is 0 Å². The molecule has 3 aromatic rings. The van der Waals surface area contributed by atoms with E-state index in [9.17, 15) is 0 Å². The van der Waals surface area contributed by atoms with Crippen molar-refractivity contribution in [3.63, 3.8) is 0 Å². The zero-order chi connectivity index (χ0) is 27.0. The number of hydrogen-bond donors (Lipinski definition) is 0. The van der Waals surface area contributed by atoms with Crippen molar-refractivity contribution in [1.82, 2.24) is 4.90 Å². The summed E-state index contributed by atoms with van der Waals surface area (Å²) in [5.41, 5.74) is 12.6. The van der Waals surface area contributed by atoms with Gasteiger partial charge < -0.3 is 21.5 Å². The molecule has 38 heavy (non-hydrogen) atoms. The Bertz CT molecular complexity index is 1050. The van der Waals surface area contributed by atoms with E-state index in [1.54, 1.807) is 0 Å². The average Bonchev–Trinajstić information content (AvgIpc) is 2.79. The molecule has 3 rings (SSSR count). The summed E-state index contributed by atoms with van der Waals surface area (Å²) in [4.78, 5) is 2.67. The molecule has 0 spiro atoms. The van der Waals surface area contributed by atoms with Crippen molar-refractivity contribution < 1.29 is 21.5 Å². The molecule has 0 heterocycles. The summed E-state index contributed by atoms with van der Waals surface area (Å²) in [7, 11) is 0. The smallest absolute Gasteiger partial charge is 0.104 e. The van der Waals surface area contributed by atoms with E-state index in [1.165, 1.54) is 87.0 Å². The lowest BCUT2D eigenvalue weighted by molar-refractivity contribution is -0.938. The summed E-state index contributed by atoms with van der Waals surface area (Å²) in [5, 5.41) is 0. The van der Waals surface area contributed by atoms with Crippen LogP contribution in [0.25, 0.3) is 0 Å². The first-order valence-electron chi connectivity index (χ1n) is 14.4. The van der Waals surface area contributed by atoms with E-state index in [-0.39, 0.29) is 17.0 Å². The van der Waals surface area contributed by atoms with E-state index < -0.39 is 0 Å². The minimum Gasteiger partial charge on any atom is -1.00 e. The van der Waals surface area contributed by atoms with Crippen LogP contribution < -0.4 is 17.0 Å². The highest BCUT2D eigenvalue weighted by atomic mass is 79.9. The molecule has 0 atom stereocenters. The Morgan fingerprint density at radius 1 is 0.526 bits per heavy atom. The Morgan fingerprint density at radius 2 is 0.895 bits per heavy atom. The molecule has 0 aliphatic rings. The third-order valence-corrected chi connectivity index (χ3v) is 7.87. The molecule has 0 saturated heterocycles. The molecular weight excluding hydrogens is 528 g/mol. The van der Waals surface area contributed by atoms with Gasteiger partial charge in [-0.15, -0.1) is 0 Å². The molecule has 3 aromatic carbocycles. The average molecular weight is 580 g/mol. The van der Waals surface area contributed by atoms with Crippen molar-refractivity contribution >= 4 is 0 Å². The first kappa shape index (κ1) is 32.3. The van der Waals surface area contributed by atoms with Gasteiger partial charge in [-0.05, 0) is 85.9 Å². The Kier molecular flexibility index (Phi) is 12.7. The van der Waals surface area contributed by atoms with Crippen LogP contribution in [0.1, 0.15) is 76.8 Å². The van der Waals surface area contributed by atoms with Gasteiger partial charge >= 0.3 is 0 Å². The number of aryl methyl sites for hydroxylation is 6.